The predicted molar refractivity (Wildman–Crippen MR) is 87.9 cm³/mol. The van der Waals surface area contributed by atoms with Crippen molar-refractivity contribution in [3.05, 3.63) is 48.4 Å². The van der Waals surface area contributed by atoms with E-state index < -0.39 is 0 Å². The number of nitrogens with one attached hydrogen (secondary N) is 2. The van der Waals surface area contributed by atoms with Crippen LogP contribution in [0.1, 0.15) is 12.8 Å². The molecule has 0 amide bonds. The topological polar surface area (TPSA) is 54.2 Å². The lowest BCUT2D eigenvalue weighted by atomic mass is 10.1. The summed E-state index contributed by atoms with van der Waals surface area (Å²) in [7, 11) is 0. The Morgan fingerprint density at radius 2 is 1.91 bits per heavy atom. The summed E-state index contributed by atoms with van der Waals surface area (Å²) >= 11 is 0. The smallest absolute Gasteiger partial charge is 0.195 e. The second-order valence-corrected chi connectivity index (χ2v) is 5.76. The number of hydrogen-bond donors (Lipinski definition) is 2. The molecule has 3 aromatic rings. The molecule has 0 unspecified atom stereocenters. The van der Waals surface area contributed by atoms with E-state index >= 15 is 0 Å². The number of anilines is 1. The van der Waals surface area contributed by atoms with Gasteiger partial charge >= 0.3 is 0 Å². The van der Waals surface area contributed by atoms with Crippen LogP contribution in [0.3, 0.4) is 0 Å². The Hall–Kier alpha value is -2.47. The first-order chi connectivity index (χ1) is 11.3. The fourth-order valence-electron chi connectivity index (χ4n) is 2.98. The van der Waals surface area contributed by atoms with Gasteiger partial charge in [-0.2, -0.15) is 9.61 Å². The van der Waals surface area contributed by atoms with E-state index in [4.69, 9.17) is 0 Å². The van der Waals surface area contributed by atoms with Crippen LogP contribution in [-0.4, -0.2) is 33.7 Å². The molecule has 2 N–H and O–H groups in total. The number of fused-ring (bicyclic) bond motifs is 1. The Kier molecular flexibility index (Phi) is 3.67. The standard InChI is InChI=1S/C17H18FN5/c18-15-16(12-4-2-1-3-5-12)22-23-14(8-11-20-17(15)23)21-13-6-9-19-10-7-13/h1-5,8,11,13,19,21H,6-7,9-10H2. The zero-order valence-corrected chi connectivity index (χ0v) is 12.7. The maximum absolute atomic E-state index is 14.7. The molecule has 2 aromatic heterocycles. The zero-order chi connectivity index (χ0) is 15.6. The van der Waals surface area contributed by atoms with E-state index in [2.05, 4.69) is 20.7 Å². The quantitative estimate of drug-likeness (QED) is 0.781. The van der Waals surface area contributed by atoms with Crippen LogP contribution in [0.15, 0.2) is 42.6 Å². The van der Waals surface area contributed by atoms with Crippen molar-refractivity contribution >= 4 is 11.5 Å². The van der Waals surface area contributed by atoms with E-state index in [9.17, 15) is 4.39 Å². The van der Waals surface area contributed by atoms with Crippen LogP contribution in [0.25, 0.3) is 16.9 Å². The lowest BCUT2D eigenvalue weighted by molar-refractivity contribution is 0.477. The van der Waals surface area contributed by atoms with Crippen LogP contribution in [0.2, 0.25) is 0 Å². The van der Waals surface area contributed by atoms with E-state index in [0.717, 1.165) is 37.3 Å². The average molecular weight is 311 g/mol. The van der Waals surface area contributed by atoms with Crippen molar-refractivity contribution in [3.8, 4) is 11.3 Å². The first-order valence-electron chi connectivity index (χ1n) is 7.89. The zero-order valence-electron chi connectivity index (χ0n) is 12.7. The molecule has 1 aliphatic rings. The second-order valence-electron chi connectivity index (χ2n) is 5.76. The number of piperidine rings is 1. The number of halogens is 1. The molecule has 1 fully saturated rings. The second kappa shape index (κ2) is 5.96. The van der Waals surface area contributed by atoms with Gasteiger partial charge in [-0.25, -0.2) is 9.37 Å². The summed E-state index contributed by atoms with van der Waals surface area (Å²) < 4.78 is 16.3. The third-order valence-electron chi connectivity index (χ3n) is 4.20. The Morgan fingerprint density at radius 3 is 2.70 bits per heavy atom. The summed E-state index contributed by atoms with van der Waals surface area (Å²) in [6.45, 7) is 1.99. The Labute approximate surface area is 133 Å². The first kappa shape index (κ1) is 14.1. The van der Waals surface area contributed by atoms with E-state index in [1.165, 1.54) is 0 Å². The molecule has 5 nitrogen and oxygen atoms in total. The van der Waals surface area contributed by atoms with Crippen molar-refractivity contribution in [3.63, 3.8) is 0 Å². The molecule has 118 valence electrons. The van der Waals surface area contributed by atoms with Crippen LogP contribution in [-0.2, 0) is 0 Å². The average Bonchev–Trinajstić information content (AvgIpc) is 2.95. The van der Waals surface area contributed by atoms with Crippen molar-refractivity contribution in [1.29, 1.82) is 0 Å². The molecule has 4 rings (SSSR count). The van der Waals surface area contributed by atoms with E-state index in [-0.39, 0.29) is 11.5 Å². The highest BCUT2D eigenvalue weighted by Crippen LogP contribution is 2.25. The van der Waals surface area contributed by atoms with Gasteiger partial charge in [-0.1, -0.05) is 30.3 Å². The van der Waals surface area contributed by atoms with Gasteiger partial charge in [0.1, 0.15) is 11.5 Å². The minimum absolute atomic E-state index is 0.253. The third kappa shape index (κ3) is 2.66. The van der Waals surface area contributed by atoms with E-state index in [0.29, 0.717) is 11.7 Å². The van der Waals surface area contributed by atoms with Crippen molar-refractivity contribution in [2.45, 2.75) is 18.9 Å². The molecule has 23 heavy (non-hydrogen) atoms. The minimum atomic E-state index is -0.384. The molecular weight excluding hydrogens is 293 g/mol. The largest absolute Gasteiger partial charge is 0.367 e. The maximum Gasteiger partial charge on any atom is 0.195 e. The van der Waals surface area contributed by atoms with Crippen LogP contribution in [0, 0.1) is 5.82 Å². The predicted octanol–water partition coefficient (Wildman–Crippen LogP) is 2.70. The number of aromatic nitrogens is 3. The summed E-state index contributed by atoms with van der Waals surface area (Å²) in [5.41, 5.74) is 1.34. The molecule has 0 spiro atoms. The molecule has 1 aromatic carbocycles. The highest BCUT2D eigenvalue weighted by molar-refractivity contribution is 5.66. The summed E-state index contributed by atoms with van der Waals surface area (Å²) in [6, 6.07) is 11.6. The fraction of sp³-hybridized carbons (Fsp3) is 0.294. The summed E-state index contributed by atoms with van der Waals surface area (Å²) in [5.74, 6) is 0.396. The van der Waals surface area contributed by atoms with Crippen molar-refractivity contribution in [2.75, 3.05) is 18.4 Å². The molecule has 6 heteroatoms. The van der Waals surface area contributed by atoms with E-state index in [1.54, 1.807) is 10.7 Å². The van der Waals surface area contributed by atoms with Crippen LogP contribution >= 0.6 is 0 Å². The molecule has 0 aliphatic carbocycles. The Bertz CT molecular complexity index is 808. The monoisotopic (exact) mass is 311 g/mol. The lowest BCUT2D eigenvalue weighted by Crippen LogP contribution is -2.35. The van der Waals surface area contributed by atoms with Gasteiger partial charge in [-0.05, 0) is 32.0 Å². The van der Waals surface area contributed by atoms with Gasteiger partial charge in [0.15, 0.2) is 11.5 Å². The van der Waals surface area contributed by atoms with Gasteiger partial charge in [-0.3, -0.25) is 0 Å². The highest BCUT2D eigenvalue weighted by atomic mass is 19.1. The molecule has 0 radical (unpaired) electrons. The summed E-state index contributed by atoms with van der Waals surface area (Å²) in [5, 5.41) is 11.3. The molecule has 3 heterocycles. The van der Waals surface area contributed by atoms with Crippen molar-refractivity contribution in [1.82, 2.24) is 19.9 Å². The summed E-state index contributed by atoms with van der Waals surface area (Å²) in [4.78, 5) is 4.15. The van der Waals surface area contributed by atoms with Gasteiger partial charge in [0, 0.05) is 17.8 Å². The van der Waals surface area contributed by atoms with Crippen LogP contribution < -0.4 is 10.6 Å². The van der Waals surface area contributed by atoms with Gasteiger partial charge in [0.05, 0.1) is 0 Å². The molecule has 1 aliphatic heterocycles. The number of benzene rings is 1. The first-order valence-corrected chi connectivity index (χ1v) is 7.89. The number of hydrogen-bond acceptors (Lipinski definition) is 4. The van der Waals surface area contributed by atoms with Gasteiger partial charge < -0.3 is 10.6 Å². The normalized spacial score (nSPS) is 15.9. The maximum atomic E-state index is 14.7. The van der Waals surface area contributed by atoms with Gasteiger partial charge in [0.25, 0.3) is 0 Å². The third-order valence-corrected chi connectivity index (χ3v) is 4.20. The number of nitrogens with zero attached hydrogens (tertiary/aromatic N) is 3. The highest BCUT2D eigenvalue weighted by Gasteiger charge is 2.19. The lowest BCUT2D eigenvalue weighted by Gasteiger charge is -2.24. The van der Waals surface area contributed by atoms with Crippen molar-refractivity contribution in [2.24, 2.45) is 0 Å². The molecule has 0 bridgehead atoms. The Morgan fingerprint density at radius 1 is 1.13 bits per heavy atom. The van der Waals surface area contributed by atoms with E-state index in [1.807, 2.05) is 36.4 Å². The van der Waals surface area contributed by atoms with Gasteiger partial charge in [0.2, 0.25) is 0 Å². The van der Waals surface area contributed by atoms with Crippen LogP contribution in [0.5, 0.6) is 0 Å². The Balaban J connectivity index is 1.75. The van der Waals surface area contributed by atoms with Gasteiger partial charge in [-0.15, -0.1) is 0 Å². The molecule has 0 atom stereocenters. The molecule has 0 saturated carbocycles. The summed E-state index contributed by atoms with van der Waals surface area (Å²) in [6.07, 6.45) is 3.70. The number of rotatable bonds is 3. The molecular formula is C17H18FN5. The van der Waals surface area contributed by atoms with Crippen molar-refractivity contribution < 1.29 is 4.39 Å². The minimum Gasteiger partial charge on any atom is -0.367 e. The molecule has 1 saturated heterocycles. The van der Waals surface area contributed by atoms with Crippen LogP contribution in [0.4, 0.5) is 10.2 Å². The SMILES string of the molecule is Fc1c(-c2ccccc2)nn2c(NC3CCNCC3)ccnc12. The fourth-order valence-corrected chi connectivity index (χ4v) is 2.98.